The van der Waals surface area contributed by atoms with Gasteiger partial charge in [-0.1, -0.05) is 23.7 Å². The smallest absolute Gasteiger partial charge is 0.212 e. The second-order valence-corrected chi connectivity index (χ2v) is 5.13. The van der Waals surface area contributed by atoms with Gasteiger partial charge < -0.3 is 10.5 Å². The normalized spacial score (nSPS) is 22.6. The zero-order valence-electron chi connectivity index (χ0n) is 10.7. The first kappa shape index (κ1) is 13.6. The Balaban J connectivity index is 2.36. The van der Waals surface area contributed by atoms with E-state index in [9.17, 15) is 9.59 Å². The van der Waals surface area contributed by atoms with Crippen molar-refractivity contribution in [1.29, 1.82) is 0 Å². The molecule has 1 aromatic carbocycles. The van der Waals surface area contributed by atoms with Gasteiger partial charge in [0, 0.05) is 17.0 Å². The van der Waals surface area contributed by atoms with Crippen molar-refractivity contribution in [3.8, 4) is 0 Å². The van der Waals surface area contributed by atoms with Crippen LogP contribution in [0.15, 0.2) is 35.7 Å². The molecular weight excluding hydrogens is 266 g/mol. The topological polar surface area (TPSA) is 69.4 Å². The van der Waals surface area contributed by atoms with E-state index in [1.54, 1.807) is 31.2 Å². The number of halogens is 1. The molecule has 2 rings (SSSR count). The summed E-state index contributed by atoms with van der Waals surface area (Å²) in [4.78, 5) is 23.6. The molecule has 0 bridgehead atoms. The number of Topliss-reactive ketones (excluding diaryl/α,β-unsaturated/α-hetero) is 2. The fraction of sp³-hybridized carbons (Fsp3) is 0.286. The van der Waals surface area contributed by atoms with E-state index in [2.05, 4.69) is 0 Å². The van der Waals surface area contributed by atoms with E-state index in [1.807, 2.05) is 0 Å². The third-order valence-electron chi connectivity index (χ3n) is 3.14. The van der Waals surface area contributed by atoms with Crippen LogP contribution in [0.4, 0.5) is 0 Å². The number of nitrogens with two attached hydrogens (primary N) is 1. The van der Waals surface area contributed by atoms with Gasteiger partial charge in [0.25, 0.3) is 0 Å². The predicted molar refractivity (Wildman–Crippen MR) is 71.4 cm³/mol. The molecule has 1 heterocycles. The van der Waals surface area contributed by atoms with Gasteiger partial charge in [0.1, 0.15) is 5.78 Å². The molecule has 0 aromatic heterocycles. The molecule has 2 N–H and O–H groups in total. The zero-order chi connectivity index (χ0) is 14.2. The van der Waals surface area contributed by atoms with Crippen LogP contribution in [0.2, 0.25) is 5.02 Å². The number of rotatable bonds is 3. The van der Waals surface area contributed by atoms with Gasteiger partial charge in [0.15, 0.2) is 11.5 Å². The summed E-state index contributed by atoms with van der Waals surface area (Å²) >= 11 is 5.82. The van der Waals surface area contributed by atoms with Crippen LogP contribution in [-0.4, -0.2) is 11.6 Å². The maximum absolute atomic E-state index is 12.4. The lowest BCUT2D eigenvalue weighted by atomic mass is 9.88. The van der Waals surface area contributed by atoms with E-state index in [4.69, 9.17) is 22.1 Å². The molecule has 100 valence electrons. The van der Waals surface area contributed by atoms with Crippen molar-refractivity contribution in [2.75, 3.05) is 0 Å². The molecule has 0 fully saturated rings. The van der Waals surface area contributed by atoms with Crippen molar-refractivity contribution < 1.29 is 14.3 Å². The van der Waals surface area contributed by atoms with Crippen molar-refractivity contribution in [2.45, 2.75) is 25.9 Å². The summed E-state index contributed by atoms with van der Waals surface area (Å²) < 4.78 is 5.51. The lowest BCUT2D eigenvalue weighted by molar-refractivity contribution is -0.130. The van der Waals surface area contributed by atoms with Gasteiger partial charge in [0.05, 0.1) is 5.57 Å². The molecule has 0 spiro atoms. The molecule has 1 unspecified atom stereocenters. The van der Waals surface area contributed by atoms with Crippen LogP contribution < -0.4 is 5.73 Å². The number of ether oxygens (including phenoxy) is 1. The summed E-state index contributed by atoms with van der Waals surface area (Å²) in [6.07, 6.45) is -0.00610. The fourth-order valence-electron chi connectivity index (χ4n) is 2.10. The monoisotopic (exact) mass is 279 g/mol. The van der Waals surface area contributed by atoms with Gasteiger partial charge in [-0.15, -0.1) is 0 Å². The first-order valence-electron chi connectivity index (χ1n) is 5.82. The zero-order valence-corrected chi connectivity index (χ0v) is 11.5. The maximum atomic E-state index is 12.4. The second kappa shape index (κ2) is 4.70. The fourth-order valence-corrected chi connectivity index (χ4v) is 2.23. The van der Waals surface area contributed by atoms with Gasteiger partial charge in [0.2, 0.25) is 5.78 Å². The highest BCUT2D eigenvalue weighted by Crippen LogP contribution is 2.38. The minimum absolute atomic E-state index is 0.00610. The molecule has 1 aromatic rings. The first-order chi connectivity index (χ1) is 8.84. The van der Waals surface area contributed by atoms with Crippen LogP contribution in [0, 0.1) is 0 Å². The summed E-state index contributed by atoms with van der Waals surface area (Å²) in [5.74, 6) is -0.379. The van der Waals surface area contributed by atoms with E-state index in [-0.39, 0.29) is 29.4 Å². The molecule has 19 heavy (non-hydrogen) atoms. The Morgan fingerprint density at radius 1 is 1.37 bits per heavy atom. The molecule has 5 heteroatoms. The summed E-state index contributed by atoms with van der Waals surface area (Å²) in [5, 5.41) is 0.572. The van der Waals surface area contributed by atoms with E-state index >= 15 is 0 Å². The highest BCUT2D eigenvalue weighted by molar-refractivity contribution is 6.30. The predicted octanol–water partition coefficient (Wildman–Crippen LogP) is 2.30. The van der Waals surface area contributed by atoms with Crippen molar-refractivity contribution in [3.05, 3.63) is 46.3 Å². The van der Waals surface area contributed by atoms with E-state index < -0.39 is 5.60 Å². The number of benzene rings is 1. The van der Waals surface area contributed by atoms with E-state index in [0.29, 0.717) is 10.6 Å². The van der Waals surface area contributed by atoms with Crippen molar-refractivity contribution in [2.24, 2.45) is 5.73 Å². The van der Waals surface area contributed by atoms with Crippen molar-refractivity contribution in [3.63, 3.8) is 0 Å². The third kappa shape index (κ3) is 2.36. The second-order valence-electron chi connectivity index (χ2n) is 4.69. The Bertz CT molecular complexity index is 577. The summed E-state index contributed by atoms with van der Waals surface area (Å²) in [7, 11) is 0. The molecule has 1 atom stereocenters. The molecule has 0 saturated heterocycles. The van der Waals surface area contributed by atoms with Crippen LogP contribution >= 0.6 is 11.6 Å². The summed E-state index contributed by atoms with van der Waals surface area (Å²) in [6, 6.07) is 6.78. The van der Waals surface area contributed by atoms with Gasteiger partial charge in [-0.25, -0.2) is 0 Å². The number of ketones is 2. The molecule has 0 amide bonds. The van der Waals surface area contributed by atoms with Gasteiger partial charge in [-0.2, -0.15) is 0 Å². The highest BCUT2D eigenvalue weighted by Gasteiger charge is 2.46. The Labute approximate surface area is 116 Å². The molecule has 1 aliphatic rings. The number of hydrogen-bond donors (Lipinski definition) is 1. The van der Waals surface area contributed by atoms with Crippen LogP contribution in [0.25, 0.3) is 0 Å². The number of hydrogen-bond acceptors (Lipinski definition) is 4. The Hall–Kier alpha value is -1.81. The molecule has 0 aliphatic carbocycles. The molecule has 1 aliphatic heterocycles. The Morgan fingerprint density at radius 3 is 2.47 bits per heavy atom. The van der Waals surface area contributed by atoms with Crippen LogP contribution in [0.5, 0.6) is 0 Å². The Morgan fingerprint density at radius 2 is 1.95 bits per heavy atom. The van der Waals surface area contributed by atoms with Crippen LogP contribution in [0.1, 0.15) is 25.8 Å². The average Bonchev–Trinajstić information content (AvgIpc) is 2.54. The standard InChI is InChI=1S/C14H14ClNO3/c1-8(17)7-11-12(18)14(2,19-13(11)16)9-3-5-10(15)6-4-9/h3-6H,7,16H2,1-2H3. The molecule has 0 saturated carbocycles. The highest BCUT2D eigenvalue weighted by atomic mass is 35.5. The maximum Gasteiger partial charge on any atom is 0.212 e. The molecule has 4 nitrogen and oxygen atoms in total. The summed E-state index contributed by atoms with van der Waals surface area (Å²) in [5.41, 5.74) is 5.43. The quantitative estimate of drug-likeness (QED) is 0.922. The van der Waals surface area contributed by atoms with Gasteiger partial charge >= 0.3 is 0 Å². The van der Waals surface area contributed by atoms with E-state index in [0.717, 1.165) is 0 Å². The van der Waals surface area contributed by atoms with Gasteiger partial charge in [-0.3, -0.25) is 9.59 Å². The van der Waals surface area contributed by atoms with Crippen LogP contribution in [-0.2, 0) is 19.9 Å². The number of carbonyl (C=O) groups is 2. The largest absolute Gasteiger partial charge is 0.460 e. The third-order valence-corrected chi connectivity index (χ3v) is 3.39. The minimum Gasteiger partial charge on any atom is -0.460 e. The van der Waals surface area contributed by atoms with E-state index in [1.165, 1.54) is 6.92 Å². The van der Waals surface area contributed by atoms with Gasteiger partial charge in [-0.05, 0) is 26.0 Å². The first-order valence-corrected chi connectivity index (χ1v) is 6.20. The lowest BCUT2D eigenvalue weighted by Gasteiger charge is -2.23. The molecule has 0 radical (unpaired) electrons. The average molecular weight is 280 g/mol. The van der Waals surface area contributed by atoms with Crippen LogP contribution in [0.3, 0.4) is 0 Å². The van der Waals surface area contributed by atoms with Crippen molar-refractivity contribution in [1.82, 2.24) is 0 Å². The Kier molecular flexibility index (Phi) is 3.37. The number of carbonyl (C=O) groups excluding carboxylic acids is 2. The molecular formula is C14H14ClNO3. The summed E-state index contributed by atoms with van der Waals surface area (Å²) in [6.45, 7) is 3.05. The minimum atomic E-state index is -1.18. The SMILES string of the molecule is CC(=O)CC1=C(N)OC(C)(c2ccc(Cl)cc2)C1=O. The lowest BCUT2D eigenvalue weighted by Crippen LogP contribution is -2.31. The van der Waals surface area contributed by atoms with Crippen molar-refractivity contribution >= 4 is 23.2 Å².